The van der Waals surface area contributed by atoms with Crippen LogP contribution < -0.4 is 21.6 Å². The molecule has 1 fully saturated rings. The summed E-state index contributed by atoms with van der Waals surface area (Å²) in [5, 5.41) is 4.29. The first kappa shape index (κ1) is 25.6. The lowest BCUT2D eigenvalue weighted by Gasteiger charge is -2.39. The van der Waals surface area contributed by atoms with Crippen LogP contribution in [0.15, 0.2) is 41.5 Å². The van der Waals surface area contributed by atoms with Gasteiger partial charge >= 0.3 is 0 Å². The molecule has 2 aromatic rings. The van der Waals surface area contributed by atoms with Crippen LogP contribution in [0.5, 0.6) is 0 Å². The average Bonchev–Trinajstić information content (AvgIpc) is 2.85. The number of amides is 2. The summed E-state index contributed by atoms with van der Waals surface area (Å²) in [4.78, 5) is 31.4. The molecule has 9 nitrogen and oxygen atoms in total. The number of anilines is 2. The highest BCUT2D eigenvalue weighted by molar-refractivity contribution is 6.31. The highest BCUT2D eigenvalue weighted by Crippen LogP contribution is 2.36. The van der Waals surface area contributed by atoms with Crippen molar-refractivity contribution in [2.75, 3.05) is 43.1 Å². The van der Waals surface area contributed by atoms with Crippen molar-refractivity contribution in [1.82, 2.24) is 9.80 Å². The molecular formula is C25H29ClFN7O2. The lowest BCUT2D eigenvalue weighted by atomic mass is 9.91. The van der Waals surface area contributed by atoms with Crippen molar-refractivity contribution < 1.29 is 14.0 Å². The second-order valence-corrected chi connectivity index (χ2v) is 9.29. The molecule has 190 valence electrons. The molecule has 1 unspecified atom stereocenters. The first-order valence-electron chi connectivity index (χ1n) is 11.6. The van der Waals surface area contributed by atoms with E-state index in [2.05, 4.69) is 5.10 Å². The summed E-state index contributed by atoms with van der Waals surface area (Å²) < 4.78 is 14.8. The summed E-state index contributed by atoms with van der Waals surface area (Å²) in [6.45, 7) is 4.23. The van der Waals surface area contributed by atoms with Gasteiger partial charge in [-0.1, -0.05) is 23.7 Å². The SMILES string of the molecule is CC1c2cccc(N3CCN(C)CC3=O)c2CCN1C(=O)/C=C/c1c(N(N)/C=N\N)ccc(Cl)c1F. The smallest absolute Gasteiger partial charge is 0.247 e. The van der Waals surface area contributed by atoms with Crippen LogP contribution in [0.25, 0.3) is 6.08 Å². The molecule has 2 heterocycles. The maximum atomic E-state index is 14.8. The number of hydrogen-bond donors (Lipinski definition) is 2. The van der Waals surface area contributed by atoms with Crippen LogP contribution in [0.3, 0.4) is 0 Å². The molecule has 0 aromatic heterocycles. The number of halogens is 2. The molecule has 0 radical (unpaired) electrons. The van der Waals surface area contributed by atoms with E-state index in [1.807, 2.05) is 42.0 Å². The van der Waals surface area contributed by atoms with Gasteiger partial charge in [-0.3, -0.25) is 19.5 Å². The van der Waals surface area contributed by atoms with Crippen molar-refractivity contribution in [3.8, 4) is 0 Å². The predicted octanol–water partition coefficient (Wildman–Crippen LogP) is 2.50. The topological polar surface area (TPSA) is 112 Å². The standard InChI is InChI=1S/C25H29ClFN7O2/c1-16-17-4-3-5-21(33-13-12-31(2)14-24(33)36)18(17)10-11-32(16)23(35)9-6-19-22(34(29)15-30-28)8-7-20(26)25(19)27/h3-9,15-16H,10-14,28-29H2,1-2H3/b9-6+,30-15-. The molecule has 2 aliphatic heterocycles. The van der Waals surface area contributed by atoms with Crippen LogP contribution in [-0.2, 0) is 16.0 Å². The Balaban J connectivity index is 1.59. The van der Waals surface area contributed by atoms with Gasteiger partial charge in [0.25, 0.3) is 0 Å². The van der Waals surface area contributed by atoms with Crippen LogP contribution in [0, 0.1) is 5.82 Å². The van der Waals surface area contributed by atoms with E-state index in [-0.39, 0.29) is 34.1 Å². The van der Waals surface area contributed by atoms with Gasteiger partial charge in [0, 0.05) is 37.0 Å². The lowest BCUT2D eigenvalue weighted by Crippen LogP contribution is -2.49. The number of nitrogens with zero attached hydrogens (tertiary/aromatic N) is 5. The molecule has 0 bridgehead atoms. The van der Waals surface area contributed by atoms with Gasteiger partial charge < -0.3 is 15.6 Å². The normalized spacial score (nSPS) is 18.8. The number of hydrazone groups is 1. The lowest BCUT2D eigenvalue weighted by molar-refractivity contribution is -0.128. The summed E-state index contributed by atoms with van der Waals surface area (Å²) in [5.74, 6) is 10.1. The zero-order valence-electron chi connectivity index (χ0n) is 20.2. The molecular weight excluding hydrogens is 485 g/mol. The van der Waals surface area contributed by atoms with Crippen molar-refractivity contribution in [1.29, 1.82) is 0 Å². The Hall–Kier alpha value is -3.47. The minimum atomic E-state index is -0.711. The van der Waals surface area contributed by atoms with E-state index in [0.717, 1.165) is 34.7 Å². The first-order valence-corrected chi connectivity index (χ1v) is 12.0. The average molecular weight is 514 g/mol. The van der Waals surface area contributed by atoms with Gasteiger partial charge in [-0.2, -0.15) is 5.10 Å². The van der Waals surface area contributed by atoms with Gasteiger partial charge in [-0.15, -0.1) is 0 Å². The van der Waals surface area contributed by atoms with Crippen LogP contribution >= 0.6 is 11.6 Å². The van der Waals surface area contributed by atoms with E-state index in [4.69, 9.17) is 23.3 Å². The predicted molar refractivity (Wildman–Crippen MR) is 140 cm³/mol. The van der Waals surface area contributed by atoms with Crippen molar-refractivity contribution in [3.63, 3.8) is 0 Å². The molecule has 0 saturated carbocycles. The minimum absolute atomic E-state index is 0.0409. The van der Waals surface area contributed by atoms with E-state index in [0.29, 0.717) is 26.1 Å². The van der Waals surface area contributed by atoms with Crippen molar-refractivity contribution in [2.24, 2.45) is 16.8 Å². The molecule has 0 aliphatic carbocycles. The number of likely N-dealkylation sites (N-methyl/N-ethyl adjacent to an activating group) is 1. The number of carbonyl (C=O) groups excluding carboxylic acids is 2. The fourth-order valence-electron chi connectivity index (χ4n) is 4.77. The van der Waals surface area contributed by atoms with Crippen molar-refractivity contribution >= 4 is 47.2 Å². The zero-order valence-corrected chi connectivity index (χ0v) is 21.0. The van der Waals surface area contributed by atoms with Crippen LogP contribution in [0.2, 0.25) is 5.02 Å². The van der Waals surface area contributed by atoms with Crippen LogP contribution in [0.1, 0.15) is 29.7 Å². The van der Waals surface area contributed by atoms with Crippen molar-refractivity contribution in [3.05, 3.63) is 63.9 Å². The Morgan fingerprint density at radius 2 is 2.03 bits per heavy atom. The summed E-state index contributed by atoms with van der Waals surface area (Å²) in [6.07, 6.45) is 4.38. The summed E-state index contributed by atoms with van der Waals surface area (Å²) in [6, 6.07) is 8.52. The number of piperazine rings is 1. The minimum Gasteiger partial charge on any atom is -0.332 e. The van der Waals surface area contributed by atoms with Gasteiger partial charge in [0.15, 0.2) is 5.82 Å². The molecule has 36 heavy (non-hydrogen) atoms. The maximum absolute atomic E-state index is 14.8. The molecule has 4 N–H and O–H groups in total. The molecule has 1 saturated heterocycles. The van der Waals surface area contributed by atoms with Crippen LogP contribution in [0.4, 0.5) is 15.8 Å². The fourth-order valence-corrected chi connectivity index (χ4v) is 4.94. The fraction of sp³-hybridized carbons (Fsp3) is 0.320. The second-order valence-electron chi connectivity index (χ2n) is 8.88. The quantitative estimate of drug-likeness (QED) is 0.209. The first-order chi connectivity index (χ1) is 17.2. The second kappa shape index (κ2) is 10.7. The van der Waals surface area contributed by atoms with Crippen LogP contribution in [-0.4, -0.2) is 61.2 Å². The maximum Gasteiger partial charge on any atom is 0.247 e. The highest BCUT2D eigenvalue weighted by atomic mass is 35.5. The third-order valence-corrected chi connectivity index (χ3v) is 6.96. The molecule has 1 atom stereocenters. The van der Waals surface area contributed by atoms with Gasteiger partial charge in [0.1, 0.15) is 6.34 Å². The number of benzene rings is 2. The number of carbonyl (C=O) groups is 2. The summed E-state index contributed by atoms with van der Waals surface area (Å²) >= 11 is 5.96. The van der Waals surface area contributed by atoms with E-state index >= 15 is 0 Å². The van der Waals surface area contributed by atoms with E-state index < -0.39 is 5.82 Å². The van der Waals surface area contributed by atoms with Gasteiger partial charge in [0.2, 0.25) is 11.8 Å². The van der Waals surface area contributed by atoms with E-state index in [9.17, 15) is 14.0 Å². The number of nitrogens with two attached hydrogens (primary N) is 2. The molecule has 2 aliphatic rings. The summed E-state index contributed by atoms with van der Waals surface area (Å²) in [7, 11) is 1.93. The monoisotopic (exact) mass is 513 g/mol. The zero-order chi connectivity index (χ0) is 26.0. The number of fused-ring (bicyclic) bond motifs is 1. The molecule has 4 rings (SSSR count). The van der Waals surface area contributed by atoms with Crippen molar-refractivity contribution in [2.45, 2.75) is 19.4 Å². The third-order valence-electron chi connectivity index (χ3n) is 6.66. The number of rotatable bonds is 5. The Morgan fingerprint density at radius 3 is 2.75 bits per heavy atom. The Kier molecular flexibility index (Phi) is 7.58. The Bertz CT molecular complexity index is 1240. The molecule has 11 heteroatoms. The van der Waals surface area contributed by atoms with Gasteiger partial charge in [-0.25, -0.2) is 10.2 Å². The van der Waals surface area contributed by atoms with Gasteiger partial charge in [0.05, 0.1) is 23.3 Å². The number of hydrogen-bond acceptors (Lipinski definition) is 6. The van der Waals surface area contributed by atoms with Gasteiger partial charge in [-0.05, 0) is 55.8 Å². The summed E-state index contributed by atoms with van der Waals surface area (Å²) in [5.41, 5.74) is 3.27. The van der Waals surface area contributed by atoms with E-state index in [1.165, 1.54) is 24.3 Å². The molecule has 2 amide bonds. The largest absolute Gasteiger partial charge is 0.332 e. The third kappa shape index (κ3) is 4.92. The van der Waals surface area contributed by atoms with E-state index in [1.54, 1.807) is 4.90 Å². The Morgan fingerprint density at radius 1 is 1.25 bits per heavy atom. The molecule has 2 aromatic carbocycles. The number of hydrazine groups is 1. The highest BCUT2D eigenvalue weighted by Gasteiger charge is 2.31. The Labute approximate surface area is 214 Å². The molecule has 0 spiro atoms.